The number of likely N-dealkylation sites (N-methyl/N-ethyl adjacent to an activating group) is 1. The molecule has 0 saturated heterocycles. The molecular weight excluding hydrogens is 226 g/mol. The molecule has 1 aromatic rings. The standard InChI is InChI=1S/C10H17N3S2/c1-6-8(3)15-9(12-6)5-13(4)7(2)10(11)14/h7H,5H2,1-4H3,(H2,11,14). The summed E-state index contributed by atoms with van der Waals surface area (Å²) in [7, 11) is 2.01. The first-order valence-electron chi connectivity index (χ1n) is 4.84. The van der Waals surface area contributed by atoms with Crippen LogP contribution in [0.15, 0.2) is 0 Å². The van der Waals surface area contributed by atoms with Crippen molar-refractivity contribution in [2.75, 3.05) is 7.05 Å². The fourth-order valence-electron chi connectivity index (χ4n) is 1.17. The van der Waals surface area contributed by atoms with Gasteiger partial charge in [-0.1, -0.05) is 12.2 Å². The fourth-order valence-corrected chi connectivity index (χ4v) is 2.35. The van der Waals surface area contributed by atoms with E-state index >= 15 is 0 Å². The van der Waals surface area contributed by atoms with Gasteiger partial charge >= 0.3 is 0 Å². The van der Waals surface area contributed by atoms with Gasteiger partial charge in [-0.3, -0.25) is 4.90 Å². The quantitative estimate of drug-likeness (QED) is 0.820. The van der Waals surface area contributed by atoms with Crippen LogP contribution in [-0.2, 0) is 6.54 Å². The monoisotopic (exact) mass is 243 g/mol. The van der Waals surface area contributed by atoms with Gasteiger partial charge in [0.15, 0.2) is 0 Å². The average Bonchev–Trinajstić information content (AvgIpc) is 2.44. The number of nitrogens with zero attached hydrogens (tertiary/aromatic N) is 2. The molecule has 0 bridgehead atoms. The van der Waals surface area contributed by atoms with E-state index in [1.807, 2.05) is 20.9 Å². The zero-order valence-electron chi connectivity index (χ0n) is 9.57. The Morgan fingerprint density at radius 3 is 2.60 bits per heavy atom. The zero-order chi connectivity index (χ0) is 11.6. The zero-order valence-corrected chi connectivity index (χ0v) is 11.2. The highest BCUT2D eigenvalue weighted by molar-refractivity contribution is 7.80. The van der Waals surface area contributed by atoms with E-state index in [4.69, 9.17) is 18.0 Å². The summed E-state index contributed by atoms with van der Waals surface area (Å²) < 4.78 is 0. The molecule has 0 saturated carbocycles. The van der Waals surface area contributed by atoms with E-state index in [1.165, 1.54) is 4.88 Å². The summed E-state index contributed by atoms with van der Waals surface area (Å²) in [5.74, 6) is 0. The lowest BCUT2D eigenvalue weighted by molar-refractivity contribution is 0.303. The molecule has 84 valence electrons. The fraction of sp³-hybridized carbons (Fsp3) is 0.600. The molecule has 5 heteroatoms. The summed E-state index contributed by atoms with van der Waals surface area (Å²) in [5, 5.41) is 1.12. The molecule has 0 aliphatic rings. The molecule has 1 heterocycles. The maximum atomic E-state index is 5.60. The summed E-state index contributed by atoms with van der Waals surface area (Å²) in [4.78, 5) is 8.40. The molecule has 3 nitrogen and oxygen atoms in total. The summed E-state index contributed by atoms with van der Waals surface area (Å²) in [6.45, 7) is 6.94. The van der Waals surface area contributed by atoms with Crippen molar-refractivity contribution in [3.05, 3.63) is 15.6 Å². The molecule has 0 aliphatic heterocycles. The number of hydrogen-bond acceptors (Lipinski definition) is 4. The molecule has 0 aromatic carbocycles. The van der Waals surface area contributed by atoms with Crippen molar-refractivity contribution in [2.45, 2.75) is 33.4 Å². The minimum absolute atomic E-state index is 0.115. The molecule has 15 heavy (non-hydrogen) atoms. The minimum atomic E-state index is 0.115. The van der Waals surface area contributed by atoms with Crippen molar-refractivity contribution in [3.63, 3.8) is 0 Å². The van der Waals surface area contributed by atoms with Crippen LogP contribution in [0.2, 0.25) is 0 Å². The second kappa shape index (κ2) is 5.01. The number of thiocarbonyl (C=S) groups is 1. The third-order valence-corrected chi connectivity index (χ3v) is 3.93. The van der Waals surface area contributed by atoms with Gasteiger partial charge in [-0.15, -0.1) is 11.3 Å². The third-order valence-electron chi connectivity index (χ3n) is 2.53. The topological polar surface area (TPSA) is 42.2 Å². The molecular formula is C10H17N3S2. The van der Waals surface area contributed by atoms with Crippen molar-refractivity contribution in [2.24, 2.45) is 5.73 Å². The van der Waals surface area contributed by atoms with Gasteiger partial charge in [0, 0.05) is 4.88 Å². The SMILES string of the molecule is Cc1nc(CN(C)C(C)C(N)=S)sc1C. The van der Waals surface area contributed by atoms with E-state index < -0.39 is 0 Å². The van der Waals surface area contributed by atoms with E-state index in [1.54, 1.807) is 11.3 Å². The average molecular weight is 243 g/mol. The molecule has 1 rings (SSSR count). The first kappa shape index (κ1) is 12.5. The van der Waals surface area contributed by atoms with Crippen LogP contribution >= 0.6 is 23.6 Å². The second-order valence-corrected chi connectivity index (χ2v) is 5.50. The van der Waals surface area contributed by atoms with Crippen LogP contribution in [-0.4, -0.2) is 28.0 Å². The van der Waals surface area contributed by atoms with Crippen LogP contribution in [0.4, 0.5) is 0 Å². The van der Waals surface area contributed by atoms with Gasteiger partial charge in [0.1, 0.15) is 5.01 Å². The van der Waals surface area contributed by atoms with Crippen molar-refractivity contribution in [1.82, 2.24) is 9.88 Å². The van der Waals surface area contributed by atoms with Crippen LogP contribution < -0.4 is 5.73 Å². The second-order valence-electron chi connectivity index (χ2n) is 3.74. The Kier molecular flexibility index (Phi) is 4.19. The lowest BCUT2D eigenvalue weighted by Gasteiger charge is -2.22. The van der Waals surface area contributed by atoms with Gasteiger partial charge in [0.2, 0.25) is 0 Å². The highest BCUT2D eigenvalue weighted by Crippen LogP contribution is 2.18. The maximum absolute atomic E-state index is 5.60. The van der Waals surface area contributed by atoms with Gasteiger partial charge in [-0.2, -0.15) is 0 Å². The molecule has 2 N–H and O–H groups in total. The van der Waals surface area contributed by atoms with Crippen LogP contribution in [0.5, 0.6) is 0 Å². The molecule has 0 amide bonds. The number of hydrogen-bond donors (Lipinski definition) is 1. The van der Waals surface area contributed by atoms with Crippen molar-refractivity contribution in [1.29, 1.82) is 0 Å². The van der Waals surface area contributed by atoms with E-state index in [-0.39, 0.29) is 6.04 Å². The lowest BCUT2D eigenvalue weighted by Crippen LogP contribution is -2.38. The summed E-state index contributed by atoms with van der Waals surface area (Å²) >= 11 is 6.70. The number of rotatable bonds is 4. The van der Waals surface area contributed by atoms with E-state index in [0.717, 1.165) is 17.2 Å². The largest absolute Gasteiger partial charge is 0.392 e. The maximum Gasteiger partial charge on any atom is 0.107 e. The van der Waals surface area contributed by atoms with Gasteiger partial charge in [-0.25, -0.2) is 4.98 Å². The number of nitrogens with two attached hydrogens (primary N) is 1. The molecule has 0 radical (unpaired) electrons. The molecule has 0 fully saturated rings. The van der Waals surface area contributed by atoms with Gasteiger partial charge in [0.05, 0.1) is 23.3 Å². The smallest absolute Gasteiger partial charge is 0.107 e. The predicted molar refractivity (Wildman–Crippen MR) is 69.3 cm³/mol. The molecule has 0 aliphatic carbocycles. The van der Waals surface area contributed by atoms with Crippen molar-refractivity contribution in [3.8, 4) is 0 Å². The Bertz CT molecular complexity index is 340. The first-order chi connectivity index (χ1) is 6.91. The number of thiazole rings is 1. The summed E-state index contributed by atoms with van der Waals surface area (Å²) in [6.07, 6.45) is 0. The number of aromatic nitrogens is 1. The normalized spacial score (nSPS) is 13.1. The van der Waals surface area contributed by atoms with Crippen LogP contribution in [0, 0.1) is 13.8 Å². The summed E-state index contributed by atoms with van der Waals surface area (Å²) in [5.41, 5.74) is 6.72. The Labute approximate surface area is 100 Å². The first-order valence-corrected chi connectivity index (χ1v) is 6.06. The molecule has 1 unspecified atom stereocenters. The van der Waals surface area contributed by atoms with Crippen molar-refractivity contribution >= 4 is 28.5 Å². The summed E-state index contributed by atoms with van der Waals surface area (Å²) in [6, 6.07) is 0.115. The lowest BCUT2D eigenvalue weighted by atomic mass is 10.3. The van der Waals surface area contributed by atoms with Gasteiger partial charge in [-0.05, 0) is 27.8 Å². The molecule has 0 spiro atoms. The Morgan fingerprint density at radius 2 is 2.20 bits per heavy atom. The van der Waals surface area contributed by atoms with Crippen LogP contribution in [0.3, 0.4) is 0 Å². The third kappa shape index (κ3) is 3.22. The predicted octanol–water partition coefficient (Wildman–Crippen LogP) is 1.87. The Morgan fingerprint density at radius 1 is 1.60 bits per heavy atom. The van der Waals surface area contributed by atoms with Crippen LogP contribution in [0.25, 0.3) is 0 Å². The highest BCUT2D eigenvalue weighted by atomic mass is 32.1. The molecule has 1 atom stereocenters. The van der Waals surface area contributed by atoms with E-state index in [0.29, 0.717) is 4.99 Å². The number of aryl methyl sites for hydroxylation is 2. The minimum Gasteiger partial charge on any atom is -0.392 e. The van der Waals surface area contributed by atoms with Gasteiger partial charge in [0.25, 0.3) is 0 Å². The highest BCUT2D eigenvalue weighted by Gasteiger charge is 2.14. The van der Waals surface area contributed by atoms with E-state index in [2.05, 4.69) is 16.8 Å². The van der Waals surface area contributed by atoms with E-state index in [9.17, 15) is 0 Å². The Balaban J connectivity index is 2.66. The van der Waals surface area contributed by atoms with Crippen molar-refractivity contribution < 1.29 is 0 Å². The Hall–Kier alpha value is -0.520. The van der Waals surface area contributed by atoms with Gasteiger partial charge < -0.3 is 5.73 Å². The van der Waals surface area contributed by atoms with Crippen LogP contribution in [0.1, 0.15) is 22.5 Å². The molecule has 1 aromatic heterocycles.